The molecule has 3 heterocycles. The molecule has 2 aromatic heterocycles. The van der Waals surface area contributed by atoms with E-state index in [-0.39, 0.29) is 11.2 Å². The van der Waals surface area contributed by atoms with Gasteiger partial charge < -0.3 is 4.42 Å². The van der Waals surface area contributed by atoms with E-state index in [0.29, 0.717) is 32.6 Å². The molecular weight excluding hydrogens is 458 g/mol. The SMILES string of the molecule is CCCc1nnc(N2C(=O)c3oc4ccc(Cl)cc4c(=O)c3C2c2ccc(C(C)C)cc2)s1. The number of anilines is 1. The molecule has 0 saturated carbocycles. The summed E-state index contributed by atoms with van der Waals surface area (Å²) in [5.41, 5.74) is 2.36. The van der Waals surface area contributed by atoms with Crippen molar-refractivity contribution < 1.29 is 9.21 Å². The van der Waals surface area contributed by atoms with Gasteiger partial charge in [0.25, 0.3) is 5.91 Å². The molecule has 1 amide bonds. The molecule has 33 heavy (non-hydrogen) atoms. The number of nitrogens with zero attached hydrogens (tertiary/aromatic N) is 3. The number of amides is 1. The number of halogens is 1. The third-order valence-corrected chi connectivity index (χ3v) is 7.09. The second-order valence-corrected chi connectivity index (χ2v) is 9.92. The Morgan fingerprint density at radius 2 is 1.88 bits per heavy atom. The fraction of sp³-hybridized carbons (Fsp3) is 0.280. The summed E-state index contributed by atoms with van der Waals surface area (Å²) >= 11 is 7.52. The fourth-order valence-corrected chi connectivity index (χ4v) is 5.32. The van der Waals surface area contributed by atoms with Gasteiger partial charge in [-0.1, -0.05) is 68.0 Å². The number of carbonyl (C=O) groups excluding carboxylic acids is 1. The first kappa shape index (κ1) is 21.8. The van der Waals surface area contributed by atoms with E-state index in [1.54, 1.807) is 18.2 Å². The smallest absolute Gasteiger partial charge is 0.297 e. The van der Waals surface area contributed by atoms with Crippen molar-refractivity contribution in [2.75, 3.05) is 4.90 Å². The zero-order valence-corrected chi connectivity index (χ0v) is 20.0. The molecular formula is C25H22ClN3O3S. The van der Waals surface area contributed by atoms with E-state index in [1.807, 2.05) is 24.3 Å². The molecule has 4 aromatic rings. The summed E-state index contributed by atoms with van der Waals surface area (Å²) in [6.07, 6.45) is 1.70. The molecule has 0 spiro atoms. The first-order valence-corrected chi connectivity index (χ1v) is 12.1. The number of carbonyl (C=O) groups is 1. The average Bonchev–Trinajstić information content (AvgIpc) is 3.37. The van der Waals surface area contributed by atoms with Crippen LogP contribution in [0.15, 0.2) is 51.7 Å². The second-order valence-electron chi connectivity index (χ2n) is 8.44. The lowest BCUT2D eigenvalue weighted by molar-refractivity contribution is 0.0970. The van der Waals surface area contributed by atoms with E-state index in [0.717, 1.165) is 23.4 Å². The summed E-state index contributed by atoms with van der Waals surface area (Å²) in [4.78, 5) is 28.8. The van der Waals surface area contributed by atoms with Crippen molar-refractivity contribution in [3.05, 3.63) is 85.2 Å². The third-order valence-electron chi connectivity index (χ3n) is 5.88. The Kier molecular flexibility index (Phi) is 5.54. The van der Waals surface area contributed by atoms with Crippen LogP contribution in [-0.4, -0.2) is 16.1 Å². The van der Waals surface area contributed by atoms with Crippen molar-refractivity contribution in [2.24, 2.45) is 0 Å². The normalized spacial score (nSPS) is 15.6. The molecule has 8 heteroatoms. The molecule has 1 aliphatic heterocycles. The number of fused-ring (bicyclic) bond motifs is 2. The maximum absolute atomic E-state index is 13.6. The molecule has 1 aliphatic rings. The third kappa shape index (κ3) is 3.65. The second kappa shape index (κ2) is 8.39. The number of hydrogen-bond donors (Lipinski definition) is 0. The van der Waals surface area contributed by atoms with E-state index in [2.05, 4.69) is 31.0 Å². The Bertz CT molecular complexity index is 1430. The van der Waals surface area contributed by atoms with Crippen LogP contribution in [0.1, 0.15) is 71.4 Å². The Hall–Kier alpha value is -3.03. The summed E-state index contributed by atoms with van der Waals surface area (Å²) < 4.78 is 5.98. The summed E-state index contributed by atoms with van der Waals surface area (Å²) in [5.74, 6) is 0.0136. The van der Waals surface area contributed by atoms with Crippen molar-refractivity contribution in [1.82, 2.24) is 10.2 Å². The van der Waals surface area contributed by atoms with Crippen LogP contribution in [0, 0.1) is 0 Å². The maximum Gasteiger partial charge on any atom is 0.297 e. The van der Waals surface area contributed by atoms with E-state index in [4.69, 9.17) is 16.0 Å². The quantitative estimate of drug-likeness (QED) is 0.344. The lowest BCUT2D eigenvalue weighted by atomic mass is 9.95. The van der Waals surface area contributed by atoms with Crippen LogP contribution in [0.5, 0.6) is 0 Å². The van der Waals surface area contributed by atoms with Crippen LogP contribution in [0.2, 0.25) is 5.02 Å². The molecule has 168 valence electrons. The van der Waals surface area contributed by atoms with E-state index in [9.17, 15) is 9.59 Å². The molecule has 1 atom stereocenters. The number of hydrogen-bond acceptors (Lipinski definition) is 6. The van der Waals surface area contributed by atoms with E-state index in [1.165, 1.54) is 21.8 Å². The summed E-state index contributed by atoms with van der Waals surface area (Å²) in [5, 5.41) is 10.6. The molecule has 0 saturated heterocycles. The number of benzene rings is 2. The Balaban J connectivity index is 1.74. The molecule has 5 rings (SSSR count). The van der Waals surface area contributed by atoms with Gasteiger partial charge in [0.1, 0.15) is 10.6 Å². The van der Waals surface area contributed by atoms with E-state index < -0.39 is 11.9 Å². The van der Waals surface area contributed by atoms with Gasteiger partial charge in [0, 0.05) is 11.4 Å². The van der Waals surface area contributed by atoms with Gasteiger partial charge in [0.15, 0.2) is 5.43 Å². The minimum Gasteiger partial charge on any atom is -0.450 e. The lowest BCUT2D eigenvalue weighted by Gasteiger charge is -2.22. The van der Waals surface area contributed by atoms with Gasteiger partial charge in [0.05, 0.1) is 17.0 Å². The van der Waals surface area contributed by atoms with Crippen molar-refractivity contribution in [1.29, 1.82) is 0 Å². The van der Waals surface area contributed by atoms with Gasteiger partial charge in [-0.25, -0.2) is 0 Å². The Labute approximate surface area is 199 Å². The molecule has 0 aliphatic carbocycles. The van der Waals surface area contributed by atoms with Crippen LogP contribution in [-0.2, 0) is 6.42 Å². The van der Waals surface area contributed by atoms with Crippen molar-refractivity contribution in [3.8, 4) is 0 Å². The van der Waals surface area contributed by atoms with Crippen LogP contribution in [0.3, 0.4) is 0 Å². The van der Waals surface area contributed by atoms with Crippen LogP contribution >= 0.6 is 22.9 Å². The average molecular weight is 480 g/mol. The Morgan fingerprint density at radius 3 is 2.58 bits per heavy atom. The molecule has 6 nitrogen and oxygen atoms in total. The monoisotopic (exact) mass is 479 g/mol. The van der Waals surface area contributed by atoms with Crippen molar-refractivity contribution >= 4 is 44.9 Å². The highest BCUT2D eigenvalue weighted by Crippen LogP contribution is 2.42. The van der Waals surface area contributed by atoms with Gasteiger partial charge in [-0.15, -0.1) is 10.2 Å². The molecule has 0 N–H and O–H groups in total. The zero-order chi connectivity index (χ0) is 23.3. The number of aryl methyl sites for hydroxylation is 1. The highest BCUT2D eigenvalue weighted by molar-refractivity contribution is 7.15. The molecule has 1 unspecified atom stereocenters. The fourth-order valence-electron chi connectivity index (χ4n) is 4.18. The standard InChI is InChI=1S/C25H22ClN3O3S/c1-4-5-19-27-28-25(33-19)29-21(15-8-6-14(7-9-15)13(2)3)20-22(30)17-12-16(26)10-11-18(17)32-23(20)24(29)31/h6-13,21H,4-5H2,1-3H3. The van der Waals surface area contributed by atoms with Crippen LogP contribution in [0.4, 0.5) is 5.13 Å². The molecule has 2 aromatic carbocycles. The molecule has 0 fully saturated rings. The highest BCUT2D eigenvalue weighted by atomic mass is 35.5. The summed E-state index contributed by atoms with van der Waals surface area (Å²) in [6, 6.07) is 12.2. The van der Waals surface area contributed by atoms with Gasteiger partial charge in [-0.05, 0) is 41.7 Å². The van der Waals surface area contributed by atoms with Gasteiger partial charge in [-0.3, -0.25) is 14.5 Å². The van der Waals surface area contributed by atoms with Crippen molar-refractivity contribution in [2.45, 2.75) is 45.6 Å². The van der Waals surface area contributed by atoms with E-state index >= 15 is 0 Å². The number of aromatic nitrogens is 2. The van der Waals surface area contributed by atoms with Crippen LogP contribution in [0.25, 0.3) is 11.0 Å². The summed E-state index contributed by atoms with van der Waals surface area (Å²) in [6.45, 7) is 6.31. The minimum absolute atomic E-state index is 0.0417. The van der Waals surface area contributed by atoms with Gasteiger partial charge in [-0.2, -0.15) is 0 Å². The lowest BCUT2D eigenvalue weighted by Crippen LogP contribution is -2.29. The first-order chi connectivity index (χ1) is 15.9. The van der Waals surface area contributed by atoms with Crippen LogP contribution < -0.4 is 10.3 Å². The molecule has 0 radical (unpaired) electrons. The predicted octanol–water partition coefficient (Wildman–Crippen LogP) is 6.12. The topological polar surface area (TPSA) is 76.3 Å². The first-order valence-electron chi connectivity index (χ1n) is 10.9. The van der Waals surface area contributed by atoms with Crippen molar-refractivity contribution in [3.63, 3.8) is 0 Å². The van der Waals surface area contributed by atoms with Gasteiger partial charge >= 0.3 is 0 Å². The minimum atomic E-state index is -0.657. The predicted molar refractivity (Wildman–Crippen MR) is 131 cm³/mol. The molecule has 0 bridgehead atoms. The number of rotatable bonds is 5. The van der Waals surface area contributed by atoms with Gasteiger partial charge in [0.2, 0.25) is 10.9 Å². The zero-order valence-electron chi connectivity index (χ0n) is 18.5. The maximum atomic E-state index is 13.6. The Morgan fingerprint density at radius 1 is 1.12 bits per heavy atom. The summed E-state index contributed by atoms with van der Waals surface area (Å²) in [7, 11) is 0. The largest absolute Gasteiger partial charge is 0.450 e. The highest BCUT2D eigenvalue weighted by Gasteiger charge is 2.45.